The van der Waals surface area contributed by atoms with E-state index >= 15 is 0 Å². The van der Waals surface area contributed by atoms with E-state index < -0.39 is 0 Å². The van der Waals surface area contributed by atoms with E-state index in [9.17, 15) is 9.59 Å². The minimum atomic E-state index is -0.166. The van der Waals surface area contributed by atoms with Gasteiger partial charge in [0, 0.05) is 58.0 Å². The van der Waals surface area contributed by atoms with Crippen molar-refractivity contribution < 1.29 is 9.59 Å². The van der Waals surface area contributed by atoms with Crippen LogP contribution in [0.15, 0.2) is 24.4 Å². The molecule has 1 aromatic heterocycles. The molecule has 0 aromatic carbocycles. The van der Waals surface area contributed by atoms with Crippen molar-refractivity contribution in [3.05, 3.63) is 30.1 Å². The van der Waals surface area contributed by atoms with E-state index in [1.165, 1.54) is 6.92 Å². The van der Waals surface area contributed by atoms with E-state index in [1.54, 1.807) is 16.0 Å². The largest absolute Gasteiger partial charge is 0.345 e. The first-order chi connectivity index (χ1) is 11.0. The Bertz CT molecular complexity index is 545. The number of nitrogens with two attached hydrogens (primary N) is 1. The van der Waals surface area contributed by atoms with Crippen molar-refractivity contribution in [1.82, 2.24) is 14.8 Å². The molecule has 2 atom stereocenters. The highest BCUT2D eigenvalue weighted by Crippen LogP contribution is 2.18. The maximum absolute atomic E-state index is 12.7. The molecule has 1 fully saturated rings. The van der Waals surface area contributed by atoms with Gasteiger partial charge < -0.3 is 15.5 Å². The Morgan fingerprint density at radius 2 is 2.00 bits per heavy atom. The van der Waals surface area contributed by atoms with Gasteiger partial charge in [-0.15, -0.1) is 24.8 Å². The Balaban J connectivity index is 0.00000288. The molecule has 2 heterocycles. The zero-order valence-electron chi connectivity index (χ0n) is 14.8. The first-order valence-corrected chi connectivity index (χ1v) is 8.13. The third-order valence-corrected chi connectivity index (χ3v) is 4.38. The lowest BCUT2D eigenvalue weighted by atomic mass is 10.0. The number of likely N-dealkylation sites (tertiary alicyclic amines) is 1. The second-order valence-electron chi connectivity index (χ2n) is 6.29. The average Bonchev–Trinajstić information content (AvgIpc) is 2.75. The molecule has 1 saturated heterocycles. The lowest BCUT2D eigenvalue weighted by molar-refractivity contribution is -0.136. The summed E-state index contributed by atoms with van der Waals surface area (Å²) in [5.41, 5.74) is 6.98. The summed E-state index contributed by atoms with van der Waals surface area (Å²) in [6.07, 6.45) is 3.99. The summed E-state index contributed by atoms with van der Waals surface area (Å²) in [6, 6.07) is 5.74. The van der Waals surface area contributed by atoms with Crippen LogP contribution in [0.5, 0.6) is 0 Å². The summed E-state index contributed by atoms with van der Waals surface area (Å²) in [4.78, 5) is 32.1. The van der Waals surface area contributed by atoms with Crippen molar-refractivity contribution in [3.8, 4) is 0 Å². The fourth-order valence-electron chi connectivity index (χ4n) is 2.93. The van der Waals surface area contributed by atoms with Gasteiger partial charge in [-0.25, -0.2) is 0 Å². The number of rotatable bonds is 4. The summed E-state index contributed by atoms with van der Waals surface area (Å²) in [5, 5.41) is 0. The summed E-state index contributed by atoms with van der Waals surface area (Å²) >= 11 is 0. The average molecular weight is 391 g/mol. The Hall–Kier alpha value is -1.37. The molecule has 0 spiro atoms. The minimum Gasteiger partial charge on any atom is -0.345 e. The Kier molecular flexibility index (Phi) is 10.7. The van der Waals surface area contributed by atoms with E-state index in [2.05, 4.69) is 4.98 Å². The standard InChI is InChI=1S/C17H26N4O2.2ClH/c1-13(22)21-11-14(6-7-15(18)12-21)17(23)20(2)10-8-16-5-3-4-9-19-16;;/h3-5,9,14-15H,6-8,10-12,18H2,1-2H3;2*1H/t14-,15+;;/m1../s1. The van der Waals surface area contributed by atoms with E-state index in [1.807, 2.05) is 25.2 Å². The first-order valence-electron chi connectivity index (χ1n) is 8.13. The van der Waals surface area contributed by atoms with Crippen molar-refractivity contribution in [1.29, 1.82) is 0 Å². The van der Waals surface area contributed by atoms with Gasteiger partial charge in [0.25, 0.3) is 0 Å². The quantitative estimate of drug-likeness (QED) is 0.844. The van der Waals surface area contributed by atoms with Crippen LogP contribution < -0.4 is 5.73 Å². The molecule has 0 bridgehead atoms. The molecule has 142 valence electrons. The summed E-state index contributed by atoms with van der Waals surface area (Å²) in [7, 11) is 1.81. The van der Waals surface area contributed by atoms with Crippen LogP contribution in [0.25, 0.3) is 0 Å². The van der Waals surface area contributed by atoms with Crippen molar-refractivity contribution in [2.45, 2.75) is 32.2 Å². The number of pyridine rings is 1. The first kappa shape index (κ1) is 23.6. The van der Waals surface area contributed by atoms with Crippen molar-refractivity contribution in [3.63, 3.8) is 0 Å². The van der Waals surface area contributed by atoms with Crippen LogP contribution in [0.3, 0.4) is 0 Å². The smallest absolute Gasteiger partial charge is 0.227 e. The van der Waals surface area contributed by atoms with Gasteiger partial charge in [0.05, 0.1) is 5.92 Å². The molecule has 2 amide bonds. The van der Waals surface area contributed by atoms with Crippen LogP contribution in [-0.2, 0) is 16.0 Å². The normalized spacial score (nSPS) is 19.9. The summed E-state index contributed by atoms with van der Waals surface area (Å²) < 4.78 is 0. The summed E-state index contributed by atoms with van der Waals surface area (Å²) in [5.74, 6) is -0.0984. The van der Waals surface area contributed by atoms with Crippen LogP contribution in [0.1, 0.15) is 25.5 Å². The number of nitrogens with zero attached hydrogens (tertiary/aromatic N) is 3. The van der Waals surface area contributed by atoms with Crippen molar-refractivity contribution in [2.75, 3.05) is 26.7 Å². The highest BCUT2D eigenvalue weighted by atomic mass is 35.5. The molecule has 0 aliphatic carbocycles. The van der Waals surface area contributed by atoms with Crippen LogP contribution in [0.2, 0.25) is 0 Å². The number of carbonyl (C=O) groups is 2. The molecule has 8 heteroatoms. The van der Waals surface area contributed by atoms with E-state index in [-0.39, 0.29) is 48.6 Å². The zero-order chi connectivity index (χ0) is 16.8. The molecular formula is C17H28Cl2N4O2. The van der Waals surface area contributed by atoms with Crippen LogP contribution in [0, 0.1) is 5.92 Å². The number of hydrogen-bond acceptors (Lipinski definition) is 4. The van der Waals surface area contributed by atoms with Gasteiger partial charge in [0.15, 0.2) is 0 Å². The second-order valence-corrected chi connectivity index (χ2v) is 6.29. The monoisotopic (exact) mass is 390 g/mol. The minimum absolute atomic E-state index is 0. The molecule has 0 unspecified atom stereocenters. The fourth-order valence-corrected chi connectivity index (χ4v) is 2.93. The lowest BCUT2D eigenvalue weighted by Crippen LogP contribution is -2.42. The highest BCUT2D eigenvalue weighted by molar-refractivity contribution is 5.85. The number of amides is 2. The van der Waals surface area contributed by atoms with Gasteiger partial charge in [-0.3, -0.25) is 14.6 Å². The number of aromatic nitrogens is 1. The van der Waals surface area contributed by atoms with Crippen LogP contribution >= 0.6 is 24.8 Å². The van der Waals surface area contributed by atoms with Crippen LogP contribution in [0.4, 0.5) is 0 Å². The van der Waals surface area contributed by atoms with Gasteiger partial charge in [0.1, 0.15) is 0 Å². The zero-order valence-corrected chi connectivity index (χ0v) is 16.4. The Labute approximate surface area is 162 Å². The molecule has 2 rings (SSSR count). The predicted molar refractivity (Wildman–Crippen MR) is 103 cm³/mol. The Morgan fingerprint density at radius 1 is 1.28 bits per heavy atom. The van der Waals surface area contributed by atoms with Crippen molar-refractivity contribution in [2.24, 2.45) is 11.7 Å². The number of likely N-dealkylation sites (N-methyl/N-ethyl adjacent to an activating group) is 1. The highest BCUT2D eigenvalue weighted by Gasteiger charge is 2.29. The molecule has 0 radical (unpaired) electrons. The second kappa shape index (κ2) is 11.3. The molecule has 0 saturated carbocycles. The van der Waals surface area contributed by atoms with E-state index in [4.69, 9.17) is 5.73 Å². The molecule has 6 nitrogen and oxygen atoms in total. The van der Waals surface area contributed by atoms with Gasteiger partial charge in [-0.1, -0.05) is 6.07 Å². The van der Waals surface area contributed by atoms with E-state index in [0.29, 0.717) is 19.6 Å². The molecule has 1 aliphatic heterocycles. The summed E-state index contributed by atoms with van der Waals surface area (Å²) in [6.45, 7) is 3.16. The molecular weight excluding hydrogens is 363 g/mol. The number of carbonyl (C=O) groups excluding carboxylic acids is 2. The maximum atomic E-state index is 12.7. The van der Waals surface area contributed by atoms with Gasteiger partial charge in [-0.05, 0) is 25.0 Å². The molecule has 25 heavy (non-hydrogen) atoms. The topological polar surface area (TPSA) is 79.5 Å². The van der Waals surface area contributed by atoms with Gasteiger partial charge >= 0.3 is 0 Å². The maximum Gasteiger partial charge on any atom is 0.227 e. The SMILES string of the molecule is CC(=O)N1C[C@@H](N)CC[C@@H](C(=O)N(C)CCc2ccccn2)C1.Cl.Cl. The number of halogens is 2. The molecule has 2 N–H and O–H groups in total. The van der Waals surface area contributed by atoms with Crippen LogP contribution in [-0.4, -0.2) is 59.3 Å². The molecule has 1 aliphatic rings. The molecule has 1 aromatic rings. The lowest BCUT2D eigenvalue weighted by Gasteiger charge is -2.26. The van der Waals surface area contributed by atoms with Crippen molar-refractivity contribution >= 4 is 36.6 Å². The predicted octanol–water partition coefficient (Wildman–Crippen LogP) is 1.51. The van der Waals surface area contributed by atoms with Gasteiger partial charge in [0.2, 0.25) is 11.8 Å². The third kappa shape index (κ3) is 7.18. The van der Waals surface area contributed by atoms with E-state index in [0.717, 1.165) is 25.0 Å². The third-order valence-electron chi connectivity index (χ3n) is 4.38. The van der Waals surface area contributed by atoms with Gasteiger partial charge in [-0.2, -0.15) is 0 Å². The number of hydrogen-bond donors (Lipinski definition) is 1. The Morgan fingerprint density at radius 3 is 2.60 bits per heavy atom. The fraction of sp³-hybridized carbons (Fsp3) is 0.588.